The van der Waals surface area contributed by atoms with Crippen LogP contribution in [0.15, 0.2) is 0 Å². The standard InChI is InChI=1S/C18H35N7O5S2/c1-9(2)6-12(16(28)25-13(8-32)17(29)30)24-15(27)11(4-3-5-22-18(20)21)23-14(26)10(19)7-31/h9-13,31-32H,3-8,19H2,1-2H3,(H,23,26)(H,24,27)(H,25,28)(H,29,30)(H4,20,21,22)/t10-,11-,12-,13+/m0/s1. The van der Waals surface area contributed by atoms with Gasteiger partial charge in [0, 0.05) is 18.1 Å². The maximum atomic E-state index is 12.9. The van der Waals surface area contributed by atoms with Crippen LogP contribution in [-0.2, 0) is 19.2 Å². The molecule has 0 spiro atoms. The molecule has 0 bridgehead atoms. The van der Waals surface area contributed by atoms with Crippen molar-refractivity contribution in [1.82, 2.24) is 21.3 Å². The van der Waals surface area contributed by atoms with Gasteiger partial charge in [0.15, 0.2) is 5.96 Å². The van der Waals surface area contributed by atoms with E-state index in [0.717, 1.165) is 0 Å². The van der Waals surface area contributed by atoms with Crippen molar-refractivity contribution in [2.24, 2.45) is 17.4 Å². The molecule has 12 nitrogen and oxygen atoms in total. The van der Waals surface area contributed by atoms with Gasteiger partial charge in [-0.15, -0.1) is 0 Å². The fourth-order valence-corrected chi connectivity index (χ4v) is 3.01. The Morgan fingerprint density at radius 1 is 0.938 bits per heavy atom. The third-order valence-corrected chi connectivity index (χ3v) is 5.05. The van der Waals surface area contributed by atoms with Gasteiger partial charge in [0.2, 0.25) is 17.7 Å². The summed E-state index contributed by atoms with van der Waals surface area (Å²) in [5.41, 5.74) is 10.9. The van der Waals surface area contributed by atoms with Crippen molar-refractivity contribution in [3.8, 4) is 0 Å². The number of aliphatic carboxylic acids is 1. The normalized spacial score (nSPS) is 14.6. The summed E-state index contributed by atoms with van der Waals surface area (Å²) in [5, 5.41) is 26.4. The first kappa shape index (κ1) is 29.8. The average Bonchev–Trinajstić information content (AvgIpc) is 2.71. The highest BCUT2D eigenvalue weighted by atomic mass is 32.1. The first-order valence-electron chi connectivity index (χ1n) is 10.1. The van der Waals surface area contributed by atoms with Crippen LogP contribution >= 0.6 is 25.3 Å². The first-order chi connectivity index (χ1) is 14.9. The van der Waals surface area contributed by atoms with Gasteiger partial charge in [0.05, 0.1) is 6.04 Å². The number of nitrogens with one attached hydrogen (secondary N) is 5. The summed E-state index contributed by atoms with van der Waals surface area (Å²) in [4.78, 5) is 49.0. The Balaban J connectivity index is 5.39. The second kappa shape index (κ2) is 15.6. The van der Waals surface area contributed by atoms with Gasteiger partial charge in [0.25, 0.3) is 0 Å². The third-order valence-electron chi connectivity index (χ3n) is 4.29. The van der Waals surface area contributed by atoms with E-state index in [2.05, 4.69) is 46.5 Å². The number of guanidine groups is 1. The van der Waals surface area contributed by atoms with Crippen molar-refractivity contribution in [3.05, 3.63) is 0 Å². The summed E-state index contributed by atoms with van der Waals surface area (Å²) < 4.78 is 0. The lowest BCUT2D eigenvalue weighted by atomic mass is 10.0. The van der Waals surface area contributed by atoms with Crippen LogP contribution in [-0.4, -0.2) is 77.0 Å². The number of thiol groups is 2. The molecule has 0 radical (unpaired) electrons. The molecule has 0 heterocycles. The van der Waals surface area contributed by atoms with E-state index in [0.29, 0.717) is 13.0 Å². The fourth-order valence-electron chi connectivity index (χ4n) is 2.59. The molecule has 4 atom stereocenters. The summed E-state index contributed by atoms with van der Waals surface area (Å²) in [6, 6.07) is -4.16. The number of hydrogen-bond acceptors (Lipinski definition) is 8. The van der Waals surface area contributed by atoms with Crippen LogP contribution in [0.3, 0.4) is 0 Å². The maximum Gasteiger partial charge on any atom is 0.327 e. The van der Waals surface area contributed by atoms with Crippen LogP contribution in [0, 0.1) is 11.3 Å². The zero-order chi connectivity index (χ0) is 24.8. The number of hydrogen-bond donors (Lipinski definition) is 10. The molecule has 0 aliphatic carbocycles. The van der Waals surface area contributed by atoms with Gasteiger partial charge < -0.3 is 37.8 Å². The van der Waals surface area contributed by atoms with E-state index in [9.17, 15) is 19.2 Å². The van der Waals surface area contributed by atoms with Gasteiger partial charge in [-0.1, -0.05) is 13.8 Å². The minimum absolute atomic E-state index is 0.00995. The van der Waals surface area contributed by atoms with Gasteiger partial charge >= 0.3 is 5.97 Å². The first-order valence-corrected chi connectivity index (χ1v) is 11.4. The van der Waals surface area contributed by atoms with Crippen LogP contribution < -0.4 is 32.7 Å². The quantitative estimate of drug-likeness (QED) is 0.0533. The Morgan fingerprint density at radius 2 is 1.47 bits per heavy atom. The van der Waals surface area contributed by atoms with E-state index in [1.165, 1.54) is 0 Å². The van der Waals surface area contributed by atoms with Crippen molar-refractivity contribution in [3.63, 3.8) is 0 Å². The van der Waals surface area contributed by atoms with E-state index in [1.54, 1.807) is 0 Å². The molecule has 0 unspecified atom stereocenters. The summed E-state index contributed by atoms with van der Waals surface area (Å²) in [6.45, 7) is 3.99. The molecule has 0 aromatic rings. The zero-order valence-corrected chi connectivity index (χ0v) is 20.0. The van der Waals surface area contributed by atoms with E-state index < -0.39 is 47.9 Å². The zero-order valence-electron chi connectivity index (χ0n) is 18.3. The summed E-state index contributed by atoms with van der Waals surface area (Å²) in [7, 11) is 0. The molecule has 0 fully saturated rings. The molecule has 32 heavy (non-hydrogen) atoms. The van der Waals surface area contributed by atoms with Gasteiger partial charge in [-0.3, -0.25) is 19.8 Å². The summed E-state index contributed by atoms with van der Waals surface area (Å²) >= 11 is 7.89. The highest BCUT2D eigenvalue weighted by Crippen LogP contribution is 2.08. The third kappa shape index (κ3) is 12.0. The average molecular weight is 494 g/mol. The molecular weight excluding hydrogens is 458 g/mol. The van der Waals surface area contributed by atoms with Gasteiger partial charge in [-0.05, 0) is 25.2 Å². The predicted molar refractivity (Wildman–Crippen MR) is 128 cm³/mol. The Morgan fingerprint density at radius 3 is 1.94 bits per heavy atom. The molecule has 0 saturated carbocycles. The summed E-state index contributed by atoms with van der Waals surface area (Å²) in [5.74, 6) is -3.36. The van der Waals surface area contributed by atoms with Gasteiger partial charge in [0.1, 0.15) is 18.1 Å². The molecule has 0 aromatic heterocycles. The van der Waals surface area contributed by atoms with Crippen LogP contribution in [0.25, 0.3) is 0 Å². The number of rotatable bonds is 15. The summed E-state index contributed by atoms with van der Waals surface area (Å²) in [6.07, 6.45) is 0.816. The van der Waals surface area contributed by atoms with Gasteiger partial charge in [-0.2, -0.15) is 25.3 Å². The number of carboxylic acids is 1. The maximum absolute atomic E-state index is 12.9. The number of carbonyl (C=O) groups excluding carboxylic acids is 3. The minimum atomic E-state index is -1.24. The molecule has 0 rings (SSSR count). The number of carbonyl (C=O) groups is 4. The lowest BCUT2D eigenvalue weighted by Gasteiger charge is -2.26. The highest BCUT2D eigenvalue weighted by Gasteiger charge is 2.30. The lowest BCUT2D eigenvalue weighted by molar-refractivity contribution is -0.141. The Labute approximate surface area is 198 Å². The van der Waals surface area contributed by atoms with E-state index >= 15 is 0 Å². The van der Waals surface area contributed by atoms with Gasteiger partial charge in [-0.25, -0.2) is 4.79 Å². The number of nitrogens with two attached hydrogens (primary N) is 2. The molecule has 184 valence electrons. The lowest BCUT2D eigenvalue weighted by Crippen LogP contribution is -2.57. The van der Waals surface area contributed by atoms with Crippen molar-refractivity contribution >= 4 is 54.9 Å². The molecule has 3 amide bonds. The monoisotopic (exact) mass is 493 g/mol. The van der Waals surface area contributed by atoms with E-state index in [-0.39, 0.29) is 36.2 Å². The largest absolute Gasteiger partial charge is 0.480 e. The molecule has 10 N–H and O–H groups in total. The smallest absolute Gasteiger partial charge is 0.327 e. The van der Waals surface area contributed by atoms with Crippen molar-refractivity contribution < 1.29 is 24.3 Å². The number of carboxylic acid groups (broad SMARTS) is 1. The second-order valence-corrected chi connectivity index (χ2v) is 8.34. The Hall–Kier alpha value is -2.19. The fraction of sp³-hybridized carbons (Fsp3) is 0.722. The second-order valence-electron chi connectivity index (χ2n) is 7.61. The Bertz CT molecular complexity index is 666. The molecular formula is C18H35N7O5S2. The SMILES string of the molecule is CC(C)C[C@H](NC(=O)[C@H](CCCNC(=N)N)NC(=O)[C@@H](N)CS)C(=O)N[C@H](CS)C(=O)O. The predicted octanol–water partition coefficient (Wildman–Crippen LogP) is -1.98. The highest BCUT2D eigenvalue weighted by molar-refractivity contribution is 7.80. The topological polar surface area (TPSA) is 213 Å². The molecule has 0 aliphatic heterocycles. The van der Waals surface area contributed by atoms with Crippen LogP contribution in [0.5, 0.6) is 0 Å². The van der Waals surface area contributed by atoms with Crippen molar-refractivity contribution in [1.29, 1.82) is 5.41 Å². The molecule has 0 aromatic carbocycles. The Kier molecular flexibility index (Phi) is 14.5. The molecule has 14 heteroatoms. The van der Waals surface area contributed by atoms with Crippen LogP contribution in [0.4, 0.5) is 0 Å². The van der Waals surface area contributed by atoms with Crippen molar-refractivity contribution in [2.45, 2.75) is 57.3 Å². The number of amides is 3. The van der Waals surface area contributed by atoms with Crippen molar-refractivity contribution in [2.75, 3.05) is 18.1 Å². The molecule has 0 saturated heterocycles. The molecule has 0 aliphatic rings. The van der Waals surface area contributed by atoms with Crippen LogP contribution in [0.2, 0.25) is 0 Å². The van der Waals surface area contributed by atoms with E-state index in [4.69, 9.17) is 22.0 Å². The van der Waals surface area contributed by atoms with Crippen LogP contribution in [0.1, 0.15) is 33.1 Å². The minimum Gasteiger partial charge on any atom is -0.480 e. The van der Waals surface area contributed by atoms with E-state index in [1.807, 2.05) is 13.8 Å².